The van der Waals surface area contributed by atoms with Gasteiger partial charge in [-0.15, -0.1) is 0 Å². The van der Waals surface area contributed by atoms with Crippen molar-refractivity contribution in [1.82, 2.24) is 9.55 Å². The molecule has 2 unspecified atom stereocenters. The fourth-order valence-corrected chi connectivity index (χ4v) is 3.40. The van der Waals surface area contributed by atoms with Crippen LogP contribution in [0.25, 0.3) is 0 Å². The molecule has 4 nitrogen and oxygen atoms in total. The van der Waals surface area contributed by atoms with Crippen LogP contribution < -0.4 is 5.32 Å². The van der Waals surface area contributed by atoms with Crippen LogP contribution in [0.5, 0.6) is 0 Å². The average molecular weight is 279 g/mol. The molecule has 4 heteroatoms. The highest BCUT2D eigenvalue weighted by Gasteiger charge is 2.29. The Hall–Kier alpha value is -1.03. The molecule has 2 atom stereocenters. The normalized spacial score (nSPS) is 23.2. The van der Waals surface area contributed by atoms with Crippen LogP contribution in [0.3, 0.4) is 0 Å². The Morgan fingerprint density at radius 2 is 2.20 bits per heavy atom. The van der Waals surface area contributed by atoms with Gasteiger partial charge in [-0.25, -0.2) is 4.98 Å². The lowest BCUT2D eigenvalue weighted by atomic mass is 9.77. The molecule has 0 bridgehead atoms. The SMILES string of the molecule is COCCCNc1nccn1C1CCCCC1C(C)C. The molecule has 0 aliphatic heterocycles. The number of nitrogens with one attached hydrogen (secondary N) is 1. The summed E-state index contributed by atoms with van der Waals surface area (Å²) in [5.74, 6) is 2.54. The number of rotatable bonds is 7. The van der Waals surface area contributed by atoms with Gasteiger partial charge >= 0.3 is 0 Å². The van der Waals surface area contributed by atoms with Crippen LogP contribution in [0, 0.1) is 11.8 Å². The van der Waals surface area contributed by atoms with Crippen molar-refractivity contribution in [3.8, 4) is 0 Å². The maximum Gasteiger partial charge on any atom is 0.203 e. The second-order valence-electron chi connectivity index (χ2n) is 6.19. The van der Waals surface area contributed by atoms with Gasteiger partial charge in [-0.1, -0.05) is 26.7 Å². The van der Waals surface area contributed by atoms with Gasteiger partial charge in [0, 0.05) is 38.7 Å². The second kappa shape index (κ2) is 7.67. The summed E-state index contributed by atoms with van der Waals surface area (Å²) in [7, 11) is 1.75. The van der Waals surface area contributed by atoms with Crippen molar-refractivity contribution >= 4 is 5.95 Å². The Morgan fingerprint density at radius 3 is 2.95 bits per heavy atom. The number of anilines is 1. The minimum Gasteiger partial charge on any atom is -0.385 e. The van der Waals surface area contributed by atoms with Crippen LogP contribution in [-0.4, -0.2) is 29.8 Å². The first-order valence-corrected chi connectivity index (χ1v) is 7.99. The van der Waals surface area contributed by atoms with Crippen molar-refractivity contribution in [1.29, 1.82) is 0 Å². The van der Waals surface area contributed by atoms with Crippen molar-refractivity contribution in [3.05, 3.63) is 12.4 Å². The van der Waals surface area contributed by atoms with E-state index in [4.69, 9.17) is 4.74 Å². The molecule has 1 aliphatic rings. The summed E-state index contributed by atoms with van der Waals surface area (Å²) in [5, 5.41) is 3.46. The zero-order valence-electron chi connectivity index (χ0n) is 13.1. The van der Waals surface area contributed by atoms with Crippen LogP contribution in [0.1, 0.15) is 52.0 Å². The molecule has 1 fully saturated rings. The number of hydrogen-bond acceptors (Lipinski definition) is 3. The van der Waals surface area contributed by atoms with E-state index in [0.717, 1.165) is 37.4 Å². The van der Waals surface area contributed by atoms with Gasteiger partial charge in [0.25, 0.3) is 0 Å². The minimum atomic E-state index is 0.608. The molecule has 0 amide bonds. The summed E-state index contributed by atoms with van der Waals surface area (Å²) in [5.41, 5.74) is 0. The molecule has 0 radical (unpaired) electrons. The summed E-state index contributed by atoms with van der Waals surface area (Å²) < 4.78 is 7.46. The van der Waals surface area contributed by atoms with Crippen molar-refractivity contribution in [2.45, 2.75) is 52.0 Å². The van der Waals surface area contributed by atoms with Gasteiger partial charge in [0.15, 0.2) is 0 Å². The maximum atomic E-state index is 5.09. The van der Waals surface area contributed by atoms with E-state index in [-0.39, 0.29) is 0 Å². The van der Waals surface area contributed by atoms with Gasteiger partial charge < -0.3 is 14.6 Å². The number of aromatic nitrogens is 2. The van der Waals surface area contributed by atoms with Crippen LogP contribution in [0.4, 0.5) is 5.95 Å². The number of imidazole rings is 1. The predicted octanol–water partition coefficient (Wildman–Crippen LogP) is 3.72. The van der Waals surface area contributed by atoms with E-state index in [0.29, 0.717) is 6.04 Å². The van der Waals surface area contributed by atoms with Crippen molar-refractivity contribution in [2.75, 3.05) is 25.6 Å². The minimum absolute atomic E-state index is 0.608. The molecule has 20 heavy (non-hydrogen) atoms. The Labute approximate surface area is 122 Å². The Morgan fingerprint density at radius 1 is 1.40 bits per heavy atom. The topological polar surface area (TPSA) is 39.1 Å². The maximum absolute atomic E-state index is 5.09. The summed E-state index contributed by atoms with van der Waals surface area (Å²) in [4.78, 5) is 4.49. The molecule has 1 N–H and O–H groups in total. The van der Waals surface area contributed by atoms with Gasteiger partial charge in [-0.05, 0) is 31.1 Å². The highest BCUT2D eigenvalue weighted by Crippen LogP contribution is 2.39. The van der Waals surface area contributed by atoms with Crippen LogP contribution in [-0.2, 0) is 4.74 Å². The van der Waals surface area contributed by atoms with E-state index in [1.165, 1.54) is 25.7 Å². The first-order chi connectivity index (χ1) is 9.74. The Kier molecular flexibility index (Phi) is 5.89. The molecule has 1 aromatic rings. The van der Waals surface area contributed by atoms with Gasteiger partial charge in [-0.3, -0.25) is 0 Å². The van der Waals surface area contributed by atoms with Gasteiger partial charge in [0.05, 0.1) is 0 Å². The van der Waals surface area contributed by atoms with E-state index >= 15 is 0 Å². The number of methoxy groups -OCH3 is 1. The van der Waals surface area contributed by atoms with E-state index in [1.807, 2.05) is 6.20 Å². The van der Waals surface area contributed by atoms with Crippen LogP contribution in [0.15, 0.2) is 12.4 Å². The molecule has 1 aromatic heterocycles. The predicted molar refractivity (Wildman–Crippen MR) is 83.0 cm³/mol. The monoisotopic (exact) mass is 279 g/mol. The smallest absolute Gasteiger partial charge is 0.203 e. The molecule has 1 heterocycles. The van der Waals surface area contributed by atoms with E-state index in [1.54, 1.807) is 7.11 Å². The van der Waals surface area contributed by atoms with Gasteiger partial charge in [-0.2, -0.15) is 0 Å². The van der Waals surface area contributed by atoms with Gasteiger partial charge in [0.1, 0.15) is 0 Å². The Bertz CT molecular complexity index is 389. The van der Waals surface area contributed by atoms with E-state index < -0.39 is 0 Å². The third-order valence-corrected chi connectivity index (χ3v) is 4.47. The molecule has 0 spiro atoms. The van der Waals surface area contributed by atoms with Crippen LogP contribution >= 0.6 is 0 Å². The molecular weight excluding hydrogens is 250 g/mol. The average Bonchev–Trinajstić information content (AvgIpc) is 2.92. The summed E-state index contributed by atoms with van der Waals surface area (Å²) in [6, 6.07) is 0.608. The van der Waals surface area contributed by atoms with Crippen LogP contribution in [0.2, 0.25) is 0 Å². The highest BCUT2D eigenvalue weighted by atomic mass is 16.5. The fraction of sp³-hybridized carbons (Fsp3) is 0.812. The van der Waals surface area contributed by atoms with E-state index in [9.17, 15) is 0 Å². The standard InChI is InChI=1S/C16H29N3O/c1-13(2)14-7-4-5-8-15(14)19-11-10-18-16(19)17-9-6-12-20-3/h10-11,13-15H,4-9,12H2,1-3H3,(H,17,18). The first kappa shape index (κ1) is 15.4. The molecule has 0 saturated heterocycles. The molecule has 0 aromatic carbocycles. The third-order valence-electron chi connectivity index (χ3n) is 4.47. The number of ether oxygens (including phenoxy) is 1. The number of nitrogens with zero attached hydrogens (tertiary/aromatic N) is 2. The molecule has 114 valence electrons. The summed E-state index contributed by atoms with van der Waals surface area (Å²) >= 11 is 0. The van der Waals surface area contributed by atoms with E-state index in [2.05, 4.69) is 34.9 Å². The van der Waals surface area contributed by atoms with Crippen molar-refractivity contribution in [3.63, 3.8) is 0 Å². The fourth-order valence-electron chi connectivity index (χ4n) is 3.40. The third kappa shape index (κ3) is 3.75. The lowest BCUT2D eigenvalue weighted by Gasteiger charge is -2.36. The number of hydrogen-bond donors (Lipinski definition) is 1. The molecule has 1 aliphatic carbocycles. The quantitative estimate of drug-likeness (QED) is 0.773. The van der Waals surface area contributed by atoms with Crippen molar-refractivity contribution in [2.24, 2.45) is 11.8 Å². The second-order valence-corrected chi connectivity index (χ2v) is 6.19. The largest absolute Gasteiger partial charge is 0.385 e. The molecular formula is C16H29N3O. The summed E-state index contributed by atoms with van der Waals surface area (Å²) in [6.07, 6.45) is 10.4. The molecule has 1 saturated carbocycles. The van der Waals surface area contributed by atoms with Gasteiger partial charge in [0.2, 0.25) is 5.95 Å². The first-order valence-electron chi connectivity index (χ1n) is 7.99. The highest BCUT2D eigenvalue weighted by molar-refractivity contribution is 5.26. The van der Waals surface area contributed by atoms with Crippen molar-refractivity contribution < 1.29 is 4.74 Å². The zero-order valence-corrected chi connectivity index (χ0v) is 13.1. The Balaban J connectivity index is 2.01. The zero-order chi connectivity index (χ0) is 14.4. The summed E-state index contributed by atoms with van der Waals surface area (Å²) in [6.45, 7) is 6.42. The lowest BCUT2D eigenvalue weighted by molar-refractivity contribution is 0.185. The molecule has 2 rings (SSSR count). The lowest BCUT2D eigenvalue weighted by Crippen LogP contribution is -2.27.